The van der Waals surface area contributed by atoms with Crippen LogP contribution in [0.15, 0.2) is 36.4 Å². The van der Waals surface area contributed by atoms with Crippen molar-refractivity contribution in [1.82, 2.24) is 10.2 Å². The second kappa shape index (κ2) is 7.25. The number of hydrogen-bond acceptors (Lipinski definition) is 6. The number of aromatic nitrogens is 2. The van der Waals surface area contributed by atoms with Gasteiger partial charge in [0.2, 0.25) is 5.13 Å². The molecule has 8 heteroatoms. The number of anilines is 2. The lowest BCUT2D eigenvalue weighted by atomic mass is 10.2. The highest BCUT2D eigenvalue weighted by Crippen LogP contribution is 2.34. The molecule has 0 amide bonds. The lowest BCUT2D eigenvalue weighted by Gasteiger charge is -2.06. The van der Waals surface area contributed by atoms with E-state index in [9.17, 15) is 0 Å². The molecular formula is C16H13Cl2N3O2S. The molecule has 0 fully saturated rings. The van der Waals surface area contributed by atoms with Gasteiger partial charge in [-0.25, -0.2) is 0 Å². The molecule has 124 valence electrons. The minimum Gasteiger partial charge on any atom is -0.497 e. The van der Waals surface area contributed by atoms with Gasteiger partial charge in [0.15, 0.2) is 0 Å². The van der Waals surface area contributed by atoms with Crippen molar-refractivity contribution in [3.8, 4) is 22.1 Å². The maximum absolute atomic E-state index is 6.02. The Labute approximate surface area is 153 Å². The van der Waals surface area contributed by atoms with Gasteiger partial charge in [-0.05, 0) is 30.3 Å². The highest BCUT2D eigenvalue weighted by molar-refractivity contribution is 7.18. The average molecular weight is 382 g/mol. The third-order valence-electron chi connectivity index (χ3n) is 3.19. The van der Waals surface area contributed by atoms with Crippen LogP contribution in [0.1, 0.15) is 0 Å². The fourth-order valence-electron chi connectivity index (χ4n) is 2.02. The van der Waals surface area contributed by atoms with Crippen LogP contribution in [0.2, 0.25) is 10.0 Å². The van der Waals surface area contributed by atoms with E-state index in [0.717, 1.165) is 16.3 Å². The summed E-state index contributed by atoms with van der Waals surface area (Å²) >= 11 is 13.3. The first-order valence-corrected chi connectivity index (χ1v) is 8.45. The molecule has 0 saturated heterocycles. The molecule has 0 aliphatic rings. The van der Waals surface area contributed by atoms with Crippen LogP contribution in [0.5, 0.6) is 11.5 Å². The van der Waals surface area contributed by atoms with Crippen LogP contribution in [0, 0.1) is 0 Å². The highest BCUT2D eigenvalue weighted by Gasteiger charge is 2.11. The molecule has 3 rings (SSSR count). The molecule has 0 spiro atoms. The predicted molar refractivity (Wildman–Crippen MR) is 98.2 cm³/mol. The van der Waals surface area contributed by atoms with Gasteiger partial charge in [-0.3, -0.25) is 0 Å². The van der Waals surface area contributed by atoms with E-state index in [4.69, 9.17) is 32.7 Å². The third kappa shape index (κ3) is 3.72. The van der Waals surface area contributed by atoms with Gasteiger partial charge in [0.25, 0.3) is 0 Å². The van der Waals surface area contributed by atoms with Crippen molar-refractivity contribution in [2.75, 3.05) is 19.5 Å². The van der Waals surface area contributed by atoms with Gasteiger partial charge in [-0.15, -0.1) is 10.2 Å². The van der Waals surface area contributed by atoms with E-state index in [1.807, 2.05) is 18.2 Å². The van der Waals surface area contributed by atoms with Gasteiger partial charge in [-0.1, -0.05) is 34.5 Å². The summed E-state index contributed by atoms with van der Waals surface area (Å²) in [6.07, 6.45) is 0. The Balaban J connectivity index is 1.86. The van der Waals surface area contributed by atoms with Crippen LogP contribution < -0.4 is 14.8 Å². The van der Waals surface area contributed by atoms with E-state index < -0.39 is 0 Å². The van der Waals surface area contributed by atoms with Crippen molar-refractivity contribution >= 4 is 45.4 Å². The Hall–Kier alpha value is -2.02. The number of halogens is 2. The molecule has 24 heavy (non-hydrogen) atoms. The largest absolute Gasteiger partial charge is 0.497 e. The third-order valence-corrected chi connectivity index (χ3v) is 4.82. The SMILES string of the molecule is COc1cc(OC)cc(-c2nnc(Nc3ccc(Cl)c(Cl)c3)s2)c1. The van der Waals surface area contributed by atoms with Crippen molar-refractivity contribution in [3.63, 3.8) is 0 Å². The summed E-state index contributed by atoms with van der Waals surface area (Å²) in [5, 5.41) is 13.9. The topological polar surface area (TPSA) is 56.3 Å². The standard InChI is InChI=1S/C16H13Cl2N3O2S/c1-22-11-5-9(6-12(8-11)23-2)15-20-21-16(24-15)19-10-3-4-13(17)14(18)7-10/h3-8H,1-2H3,(H,19,21). The Morgan fingerprint density at radius 1 is 0.917 bits per heavy atom. The van der Waals surface area contributed by atoms with Crippen molar-refractivity contribution in [2.24, 2.45) is 0 Å². The minimum atomic E-state index is 0.476. The molecular weight excluding hydrogens is 369 g/mol. The smallest absolute Gasteiger partial charge is 0.210 e. The molecule has 1 heterocycles. The van der Waals surface area contributed by atoms with E-state index in [0.29, 0.717) is 26.7 Å². The average Bonchev–Trinajstić information content (AvgIpc) is 3.06. The number of rotatable bonds is 5. The second-order valence-corrected chi connectivity index (χ2v) is 6.56. The molecule has 0 bridgehead atoms. The predicted octanol–water partition coefficient (Wildman–Crippen LogP) is 5.27. The highest BCUT2D eigenvalue weighted by atomic mass is 35.5. The molecule has 5 nitrogen and oxygen atoms in total. The molecule has 1 aromatic heterocycles. The summed E-state index contributed by atoms with van der Waals surface area (Å²) in [7, 11) is 3.21. The van der Waals surface area contributed by atoms with Crippen LogP contribution in [0.25, 0.3) is 10.6 Å². The quantitative estimate of drug-likeness (QED) is 0.651. The van der Waals surface area contributed by atoms with Crippen molar-refractivity contribution < 1.29 is 9.47 Å². The molecule has 0 aliphatic heterocycles. The maximum Gasteiger partial charge on any atom is 0.210 e. The molecule has 0 unspecified atom stereocenters. The van der Waals surface area contributed by atoms with Crippen LogP contribution >= 0.6 is 34.5 Å². The Kier molecular flexibility index (Phi) is 5.08. The monoisotopic (exact) mass is 381 g/mol. The molecule has 0 atom stereocenters. The van der Waals surface area contributed by atoms with E-state index in [-0.39, 0.29) is 0 Å². The Bertz CT molecular complexity index is 848. The van der Waals surface area contributed by atoms with E-state index in [1.54, 1.807) is 32.4 Å². The summed E-state index contributed by atoms with van der Waals surface area (Å²) < 4.78 is 10.6. The van der Waals surface area contributed by atoms with Crippen LogP contribution in [0.3, 0.4) is 0 Å². The molecule has 0 saturated carbocycles. The van der Waals surface area contributed by atoms with Gasteiger partial charge in [-0.2, -0.15) is 0 Å². The number of hydrogen-bond donors (Lipinski definition) is 1. The molecule has 1 N–H and O–H groups in total. The van der Waals surface area contributed by atoms with Gasteiger partial charge in [0.1, 0.15) is 16.5 Å². The Morgan fingerprint density at radius 3 is 2.25 bits per heavy atom. The van der Waals surface area contributed by atoms with Crippen LogP contribution in [-0.4, -0.2) is 24.4 Å². The van der Waals surface area contributed by atoms with Gasteiger partial charge in [0.05, 0.1) is 24.3 Å². The van der Waals surface area contributed by atoms with Crippen molar-refractivity contribution in [2.45, 2.75) is 0 Å². The summed E-state index contributed by atoms with van der Waals surface area (Å²) in [5.41, 5.74) is 1.65. The zero-order valence-corrected chi connectivity index (χ0v) is 15.2. The first kappa shape index (κ1) is 16.8. The number of nitrogens with zero attached hydrogens (tertiary/aromatic N) is 2. The summed E-state index contributed by atoms with van der Waals surface area (Å²) in [6, 6.07) is 10.8. The molecule has 3 aromatic rings. The number of methoxy groups -OCH3 is 2. The lowest BCUT2D eigenvalue weighted by molar-refractivity contribution is 0.394. The van der Waals surface area contributed by atoms with Gasteiger partial charge < -0.3 is 14.8 Å². The molecule has 2 aromatic carbocycles. The number of nitrogens with one attached hydrogen (secondary N) is 1. The van der Waals surface area contributed by atoms with Gasteiger partial charge >= 0.3 is 0 Å². The normalized spacial score (nSPS) is 10.5. The lowest BCUT2D eigenvalue weighted by Crippen LogP contribution is -1.89. The summed E-state index contributed by atoms with van der Waals surface area (Å²) in [6.45, 7) is 0. The van der Waals surface area contributed by atoms with Crippen molar-refractivity contribution in [3.05, 3.63) is 46.4 Å². The fraction of sp³-hybridized carbons (Fsp3) is 0.125. The number of benzene rings is 2. The zero-order valence-electron chi connectivity index (χ0n) is 12.8. The fourth-order valence-corrected chi connectivity index (χ4v) is 3.07. The Morgan fingerprint density at radius 2 is 1.62 bits per heavy atom. The van der Waals surface area contributed by atoms with Crippen LogP contribution in [-0.2, 0) is 0 Å². The summed E-state index contributed by atoms with van der Waals surface area (Å²) in [5.74, 6) is 1.39. The van der Waals surface area contributed by atoms with Crippen molar-refractivity contribution in [1.29, 1.82) is 0 Å². The first-order valence-electron chi connectivity index (χ1n) is 6.88. The number of ether oxygens (including phenoxy) is 2. The second-order valence-electron chi connectivity index (χ2n) is 4.77. The van der Waals surface area contributed by atoms with E-state index >= 15 is 0 Å². The summed E-state index contributed by atoms with van der Waals surface area (Å²) in [4.78, 5) is 0. The zero-order chi connectivity index (χ0) is 17.1. The maximum atomic E-state index is 6.02. The molecule has 0 radical (unpaired) electrons. The van der Waals surface area contributed by atoms with E-state index in [2.05, 4.69) is 15.5 Å². The van der Waals surface area contributed by atoms with Gasteiger partial charge in [0, 0.05) is 17.3 Å². The first-order chi connectivity index (χ1) is 11.6. The molecule has 0 aliphatic carbocycles. The van der Waals surface area contributed by atoms with E-state index in [1.165, 1.54) is 11.3 Å². The van der Waals surface area contributed by atoms with Crippen LogP contribution in [0.4, 0.5) is 10.8 Å². The minimum absolute atomic E-state index is 0.476.